The first kappa shape index (κ1) is 21.3. The van der Waals surface area contributed by atoms with Crippen molar-refractivity contribution in [2.45, 2.75) is 44.2 Å². The highest BCUT2D eigenvalue weighted by Crippen LogP contribution is 2.29. The first-order chi connectivity index (χ1) is 13.6. The average molecular weight is 418 g/mol. The fourth-order valence-electron chi connectivity index (χ4n) is 4.20. The van der Waals surface area contributed by atoms with Gasteiger partial charge in [0.25, 0.3) is 0 Å². The summed E-state index contributed by atoms with van der Waals surface area (Å²) in [5.41, 5.74) is 1.30. The Hall–Kier alpha value is -2.38. The number of carbonyl (C=O) groups excluding carboxylic acids is 2. The topological polar surface area (TPSA) is 79.3 Å². The number of nitrogens with zero attached hydrogens (tertiary/aromatic N) is 3. The molecule has 0 bridgehead atoms. The Morgan fingerprint density at radius 1 is 1.24 bits per heavy atom. The SMILES string of the molecule is CC(NC(=O)C1(n2cccn2)CCNCC1)c1ccc(N2CCCC2=O)cc1.Cl. The number of rotatable bonds is 5. The maximum absolute atomic E-state index is 13.3. The molecule has 2 fully saturated rings. The van der Waals surface area contributed by atoms with Crippen molar-refractivity contribution < 1.29 is 9.59 Å². The van der Waals surface area contributed by atoms with Gasteiger partial charge in [-0.15, -0.1) is 12.4 Å². The zero-order valence-corrected chi connectivity index (χ0v) is 17.5. The normalized spacial score (nSPS) is 19.5. The molecule has 2 amide bonds. The maximum atomic E-state index is 13.3. The van der Waals surface area contributed by atoms with Gasteiger partial charge in [0.1, 0.15) is 5.54 Å². The third-order valence-electron chi connectivity index (χ3n) is 5.92. The van der Waals surface area contributed by atoms with Crippen molar-refractivity contribution in [3.8, 4) is 0 Å². The Labute approximate surface area is 177 Å². The highest BCUT2D eigenvalue weighted by molar-refractivity contribution is 5.95. The largest absolute Gasteiger partial charge is 0.347 e. The van der Waals surface area contributed by atoms with Gasteiger partial charge in [-0.2, -0.15) is 5.10 Å². The van der Waals surface area contributed by atoms with Gasteiger partial charge in [0, 0.05) is 31.0 Å². The molecule has 1 unspecified atom stereocenters. The van der Waals surface area contributed by atoms with Crippen molar-refractivity contribution >= 4 is 29.9 Å². The van der Waals surface area contributed by atoms with Gasteiger partial charge >= 0.3 is 0 Å². The number of piperidine rings is 1. The minimum Gasteiger partial charge on any atom is -0.347 e. The number of carbonyl (C=O) groups is 2. The van der Waals surface area contributed by atoms with E-state index in [4.69, 9.17) is 0 Å². The van der Waals surface area contributed by atoms with Crippen molar-refractivity contribution in [2.24, 2.45) is 0 Å². The fourth-order valence-corrected chi connectivity index (χ4v) is 4.20. The van der Waals surface area contributed by atoms with Crippen LogP contribution in [0.5, 0.6) is 0 Å². The minimum absolute atomic E-state index is 0. The van der Waals surface area contributed by atoms with Crippen LogP contribution in [-0.2, 0) is 15.1 Å². The third-order valence-corrected chi connectivity index (χ3v) is 5.92. The Kier molecular flexibility index (Phi) is 6.59. The van der Waals surface area contributed by atoms with Crippen LogP contribution in [0.3, 0.4) is 0 Å². The van der Waals surface area contributed by atoms with Gasteiger partial charge in [0.2, 0.25) is 11.8 Å². The van der Waals surface area contributed by atoms with Gasteiger partial charge in [-0.05, 0) is 63.0 Å². The smallest absolute Gasteiger partial charge is 0.248 e. The predicted octanol–water partition coefficient (Wildman–Crippen LogP) is 2.39. The summed E-state index contributed by atoms with van der Waals surface area (Å²) < 4.78 is 1.80. The molecule has 1 atom stereocenters. The molecular weight excluding hydrogens is 390 g/mol. The first-order valence-electron chi connectivity index (χ1n) is 10.0. The van der Waals surface area contributed by atoms with Crippen LogP contribution >= 0.6 is 12.4 Å². The van der Waals surface area contributed by atoms with E-state index in [1.807, 2.05) is 48.4 Å². The fraction of sp³-hybridized carbons (Fsp3) is 0.476. The lowest BCUT2D eigenvalue weighted by molar-refractivity contribution is -0.132. The van der Waals surface area contributed by atoms with E-state index in [-0.39, 0.29) is 30.3 Å². The van der Waals surface area contributed by atoms with Crippen molar-refractivity contribution in [1.29, 1.82) is 0 Å². The summed E-state index contributed by atoms with van der Waals surface area (Å²) >= 11 is 0. The molecule has 4 rings (SSSR count). The molecular formula is C21H28ClN5O2. The summed E-state index contributed by atoms with van der Waals surface area (Å²) in [7, 11) is 0. The molecule has 2 aliphatic heterocycles. The van der Waals surface area contributed by atoms with Crippen LogP contribution in [0, 0.1) is 0 Å². The van der Waals surface area contributed by atoms with Gasteiger partial charge in [0.15, 0.2) is 0 Å². The summed E-state index contributed by atoms with van der Waals surface area (Å²) in [6.45, 7) is 4.36. The molecule has 2 aromatic rings. The molecule has 0 radical (unpaired) electrons. The number of halogens is 1. The van der Waals surface area contributed by atoms with E-state index in [1.165, 1.54) is 0 Å². The van der Waals surface area contributed by atoms with E-state index in [1.54, 1.807) is 10.9 Å². The van der Waals surface area contributed by atoms with E-state index >= 15 is 0 Å². The number of anilines is 1. The molecule has 2 aliphatic rings. The lowest BCUT2D eigenvalue weighted by Crippen LogP contribution is -2.55. The van der Waals surface area contributed by atoms with E-state index in [0.717, 1.165) is 37.3 Å². The predicted molar refractivity (Wildman–Crippen MR) is 114 cm³/mol. The molecule has 1 aromatic heterocycles. The number of benzene rings is 1. The second kappa shape index (κ2) is 8.97. The third kappa shape index (κ3) is 4.16. The molecule has 0 aliphatic carbocycles. The number of aromatic nitrogens is 2. The summed E-state index contributed by atoms with van der Waals surface area (Å²) in [6.07, 6.45) is 6.55. The van der Waals surface area contributed by atoms with Gasteiger partial charge < -0.3 is 15.5 Å². The monoisotopic (exact) mass is 417 g/mol. The van der Waals surface area contributed by atoms with Crippen LogP contribution in [0.4, 0.5) is 5.69 Å². The molecule has 1 aromatic carbocycles. The van der Waals surface area contributed by atoms with Crippen molar-refractivity contribution in [3.05, 3.63) is 48.3 Å². The Balaban J connectivity index is 0.00000240. The average Bonchev–Trinajstić information content (AvgIpc) is 3.40. The number of amides is 2. The molecule has 156 valence electrons. The van der Waals surface area contributed by atoms with E-state index in [0.29, 0.717) is 19.3 Å². The minimum atomic E-state index is -0.648. The zero-order valence-electron chi connectivity index (χ0n) is 16.6. The van der Waals surface area contributed by atoms with Crippen LogP contribution in [-0.4, -0.2) is 41.2 Å². The van der Waals surface area contributed by atoms with Gasteiger partial charge in [-0.25, -0.2) is 0 Å². The molecule has 29 heavy (non-hydrogen) atoms. The van der Waals surface area contributed by atoms with Crippen LogP contribution < -0.4 is 15.5 Å². The van der Waals surface area contributed by atoms with Crippen LogP contribution in [0.25, 0.3) is 0 Å². The second-order valence-corrected chi connectivity index (χ2v) is 7.67. The highest BCUT2D eigenvalue weighted by atomic mass is 35.5. The maximum Gasteiger partial charge on any atom is 0.248 e. The number of nitrogens with one attached hydrogen (secondary N) is 2. The number of hydrogen-bond acceptors (Lipinski definition) is 4. The summed E-state index contributed by atoms with van der Waals surface area (Å²) in [5, 5.41) is 10.9. The van der Waals surface area contributed by atoms with Gasteiger partial charge in [0.05, 0.1) is 6.04 Å². The summed E-state index contributed by atoms with van der Waals surface area (Å²) in [5.74, 6) is 0.185. The van der Waals surface area contributed by atoms with Crippen molar-refractivity contribution in [3.63, 3.8) is 0 Å². The Morgan fingerprint density at radius 2 is 1.97 bits per heavy atom. The van der Waals surface area contributed by atoms with E-state index in [9.17, 15) is 9.59 Å². The molecule has 0 saturated carbocycles. The summed E-state index contributed by atoms with van der Waals surface area (Å²) in [6, 6.07) is 9.66. The van der Waals surface area contributed by atoms with Crippen molar-refractivity contribution in [2.75, 3.05) is 24.5 Å². The van der Waals surface area contributed by atoms with Gasteiger partial charge in [-0.1, -0.05) is 12.1 Å². The van der Waals surface area contributed by atoms with Crippen molar-refractivity contribution in [1.82, 2.24) is 20.4 Å². The highest BCUT2D eigenvalue weighted by Gasteiger charge is 2.42. The van der Waals surface area contributed by atoms with E-state index in [2.05, 4.69) is 15.7 Å². The molecule has 2 N–H and O–H groups in total. The van der Waals surface area contributed by atoms with Crippen LogP contribution in [0.2, 0.25) is 0 Å². The Bertz CT molecular complexity index is 831. The molecule has 7 nitrogen and oxygen atoms in total. The van der Waals surface area contributed by atoms with Crippen LogP contribution in [0.1, 0.15) is 44.2 Å². The molecule has 3 heterocycles. The quantitative estimate of drug-likeness (QED) is 0.782. The second-order valence-electron chi connectivity index (χ2n) is 7.67. The van der Waals surface area contributed by atoms with E-state index < -0.39 is 5.54 Å². The van der Waals surface area contributed by atoms with Crippen LogP contribution in [0.15, 0.2) is 42.7 Å². The zero-order chi connectivity index (χ0) is 19.6. The number of hydrogen-bond donors (Lipinski definition) is 2. The molecule has 2 saturated heterocycles. The summed E-state index contributed by atoms with van der Waals surface area (Å²) in [4.78, 5) is 27.0. The molecule has 8 heteroatoms. The lowest BCUT2D eigenvalue weighted by atomic mass is 9.87. The Morgan fingerprint density at radius 3 is 2.55 bits per heavy atom. The molecule has 0 spiro atoms. The first-order valence-corrected chi connectivity index (χ1v) is 10.0. The standard InChI is InChI=1S/C21H27N5O2.ClH/c1-16(17-5-7-18(8-6-17)25-14-2-4-19(25)27)24-20(28)21(9-12-22-13-10-21)26-15-3-11-23-26;/h3,5-8,11,15-16,22H,2,4,9-10,12-14H2,1H3,(H,24,28);1H. The lowest BCUT2D eigenvalue weighted by Gasteiger charge is -2.37. The van der Waals surface area contributed by atoms with Gasteiger partial charge in [-0.3, -0.25) is 14.3 Å².